The van der Waals surface area contributed by atoms with Crippen LogP contribution in [0.3, 0.4) is 0 Å². The van der Waals surface area contributed by atoms with Crippen molar-refractivity contribution in [3.8, 4) is 0 Å². The lowest BCUT2D eigenvalue weighted by Gasteiger charge is -2.24. The monoisotopic (exact) mass is 264 g/mol. The number of nitrogens with one attached hydrogen (secondary N) is 1. The van der Waals surface area contributed by atoms with Gasteiger partial charge in [0, 0.05) is 29.7 Å². The molecule has 2 aliphatic heterocycles. The van der Waals surface area contributed by atoms with Gasteiger partial charge in [-0.05, 0) is 43.5 Å². The number of nitrogens with zero attached hydrogens (tertiary/aromatic N) is 1. The zero-order valence-corrected chi connectivity index (χ0v) is 11.0. The smallest absolute Gasteiger partial charge is 0.253 e. The number of hydrogen-bond donors (Lipinski definition) is 1. The molecule has 2 atom stereocenters. The Hall–Kier alpha value is -1.06. The van der Waals surface area contributed by atoms with Crippen LogP contribution >= 0.6 is 11.6 Å². The number of likely N-dealkylation sites (tertiary alicyclic amines) is 1. The fourth-order valence-corrected chi connectivity index (χ4v) is 3.21. The molecule has 2 saturated heterocycles. The largest absolute Gasteiger partial charge is 0.337 e. The van der Waals surface area contributed by atoms with Crippen molar-refractivity contribution in [1.82, 2.24) is 10.2 Å². The maximum Gasteiger partial charge on any atom is 0.253 e. The second-order valence-electron chi connectivity index (χ2n) is 5.18. The first-order valence-electron chi connectivity index (χ1n) is 6.52. The van der Waals surface area contributed by atoms with Crippen LogP contribution in [0.25, 0.3) is 0 Å². The molecule has 1 aromatic carbocycles. The van der Waals surface area contributed by atoms with E-state index in [1.165, 1.54) is 12.8 Å². The van der Waals surface area contributed by atoms with E-state index in [9.17, 15) is 4.79 Å². The standard InChI is InChI=1S/C14H17ClN2O/c15-12-5-1-3-10(7-12)14(18)17-8-11-4-2-6-16-13(11)9-17/h1,3,5,7,11,13,16H,2,4,6,8-9H2/t11-,13+/m0/s1. The van der Waals surface area contributed by atoms with E-state index in [-0.39, 0.29) is 5.91 Å². The molecule has 0 unspecified atom stereocenters. The topological polar surface area (TPSA) is 32.3 Å². The van der Waals surface area contributed by atoms with Gasteiger partial charge in [0.15, 0.2) is 0 Å². The van der Waals surface area contributed by atoms with Crippen molar-refractivity contribution in [1.29, 1.82) is 0 Å². The molecule has 3 rings (SSSR count). The summed E-state index contributed by atoms with van der Waals surface area (Å²) in [4.78, 5) is 14.3. The molecule has 0 bridgehead atoms. The van der Waals surface area contributed by atoms with Crippen molar-refractivity contribution in [3.05, 3.63) is 34.9 Å². The van der Waals surface area contributed by atoms with E-state index in [1.807, 2.05) is 17.0 Å². The van der Waals surface area contributed by atoms with Gasteiger partial charge in [-0.25, -0.2) is 0 Å². The van der Waals surface area contributed by atoms with Gasteiger partial charge in [-0.15, -0.1) is 0 Å². The SMILES string of the molecule is O=C(c1cccc(Cl)c1)N1C[C@@H]2CCCN[C@@H]2C1. The highest BCUT2D eigenvalue weighted by atomic mass is 35.5. The average molecular weight is 265 g/mol. The number of piperidine rings is 1. The molecule has 0 saturated carbocycles. The Morgan fingerprint density at radius 1 is 1.39 bits per heavy atom. The van der Waals surface area contributed by atoms with E-state index in [0.29, 0.717) is 22.5 Å². The Balaban J connectivity index is 1.74. The third kappa shape index (κ3) is 2.25. The van der Waals surface area contributed by atoms with E-state index >= 15 is 0 Å². The number of carbonyl (C=O) groups is 1. The fraction of sp³-hybridized carbons (Fsp3) is 0.500. The van der Waals surface area contributed by atoms with Crippen molar-refractivity contribution < 1.29 is 4.79 Å². The number of hydrogen-bond acceptors (Lipinski definition) is 2. The summed E-state index contributed by atoms with van der Waals surface area (Å²) in [5.41, 5.74) is 0.696. The van der Waals surface area contributed by atoms with E-state index in [4.69, 9.17) is 11.6 Å². The molecule has 2 fully saturated rings. The minimum absolute atomic E-state index is 0.105. The van der Waals surface area contributed by atoms with Crippen LogP contribution in [-0.2, 0) is 0 Å². The van der Waals surface area contributed by atoms with Gasteiger partial charge in [0.1, 0.15) is 0 Å². The molecular weight excluding hydrogens is 248 g/mol. The molecule has 3 nitrogen and oxygen atoms in total. The summed E-state index contributed by atoms with van der Waals surface area (Å²) in [6, 6.07) is 7.70. The molecule has 0 radical (unpaired) electrons. The highest BCUT2D eigenvalue weighted by molar-refractivity contribution is 6.30. The predicted molar refractivity (Wildman–Crippen MR) is 71.9 cm³/mol. The van der Waals surface area contributed by atoms with Gasteiger partial charge in [-0.3, -0.25) is 4.79 Å². The third-order valence-corrected chi connectivity index (χ3v) is 4.19. The highest BCUT2D eigenvalue weighted by Gasteiger charge is 2.36. The summed E-state index contributed by atoms with van der Waals surface area (Å²) in [5, 5.41) is 4.13. The van der Waals surface area contributed by atoms with Gasteiger partial charge < -0.3 is 10.2 Å². The Labute approximate surface area is 112 Å². The lowest BCUT2D eigenvalue weighted by Crippen LogP contribution is -2.41. The number of halogens is 1. The van der Waals surface area contributed by atoms with Gasteiger partial charge in [-0.1, -0.05) is 17.7 Å². The molecule has 2 aliphatic rings. The van der Waals surface area contributed by atoms with Crippen LogP contribution in [0, 0.1) is 5.92 Å². The van der Waals surface area contributed by atoms with Gasteiger partial charge in [-0.2, -0.15) is 0 Å². The molecule has 0 aliphatic carbocycles. The maximum atomic E-state index is 12.4. The first-order valence-corrected chi connectivity index (χ1v) is 6.90. The summed E-state index contributed by atoms with van der Waals surface area (Å²) in [6.07, 6.45) is 2.46. The quantitative estimate of drug-likeness (QED) is 0.843. The van der Waals surface area contributed by atoms with Crippen molar-refractivity contribution in [2.24, 2.45) is 5.92 Å². The first kappa shape index (κ1) is 12.0. The van der Waals surface area contributed by atoms with E-state index < -0.39 is 0 Å². The summed E-state index contributed by atoms with van der Waals surface area (Å²) < 4.78 is 0. The third-order valence-electron chi connectivity index (χ3n) is 3.96. The summed E-state index contributed by atoms with van der Waals surface area (Å²) in [7, 11) is 0. The number of amides is 1. The minimum Gasteiger partial charge on any atom is -0.337 e. The van der Waals surface area contributed by atoms with E-state index in [1.54, 1.807) is 12.1 Å². The van der Waals surface area contributed by atoms with Crippen molar-refractivity contribution >= 4 is 17.5 Å². The lowest BCUT2D eigenvalue weighted by molar-refractivity contribution is 0.0785. The molecule has 2 heterocycles. The van der Waals surface area contributed by atoms with Crippen molar-refractivity contribution in [3.63, 3.8) is 0 Å². The molecule has 18 heavy (non-hydrogen) atoms. The highest BCUT2D eigenvalue weighted by Crippen LogP contribution is 2.26. The van der Waals surface area contributed by atoms with Crippen LogP contribution in [0.4, 0.5) is 0 Å². The predicted octanol–water partition coefficient (Wildman–Crippen LogP) is 2.16. The molecular formula is C14H17ClN2O. The van der Waals surface area contributed by atoms with Crippen LogP contribution in [0.2, 0.25) is 5.02 Å². The second-order valence-corrected chi connectivity index (χ2v) is 5.62. The molecule has 1 N–H and O–H groups in total. The van der Waals surface area contributed by atoms with Crippen LogP contribution in [-0.4, -0.2) is 36.5 Å². The second kappa shape index (κ2) is 4.90. The number of fused-ring (bicyclic) bond motifs is 1. The Morgan fingerprint density at radius 3 is 3.06 bits per heavy atom. The van der Waals surface area contributed by atoms with E-state index in [0.717, 1.165) is 19.6 Å². The fourth-order valence-electron chi connectivity index (χ4n) is 3.02. The Morgan fingerprint density at radius 2 is 2.28 bits per heavy atom. The molecule has 0 spiro atoms. The molecule has 1 amide bonds. The Kier molecular flexibility index (Phi) is 3.27. The summed E-state index contributed by atoms with van der Waals surface area (Å²) >= 11 is 5.93. The van der Waals surface area contributed by atoms with Gasteiger partial charge >= 0.3 is 0 Å². The van der Waals surface area contributed by atoms with Crippen molar-refractivity contribution in [2.75, 3.05) is 19.6 Å². The molecule has 1 aromatic rings. The van der Waals surface area contributed by atoms with Gasteiger partial charge in [0.2, 0.25) is 0 Å². The van der Waals surface area contributed by atoms with Crippen LogP contribution in [0.15, 0.2) is 24.3 Å². The summed E-state index contributed by atoms with van der Waals surface area (Å²) in [6.45, 7) is 2.79. The minimum atomic E-state index is 0.105. The summed E-state index contributed by atoms with van der Waals surface area (Å²) in [5.74, 6) is 0.732. The van der Waals surface area contributed by atoms with E-state index in [2.05, 4.69) is 5.32 Å². The number of rotatable bonds is 1. The zero-order valence-electron chi connectivity index (χ0n) is 10.2. The molecule has 4 heteroatoms. The van der Waals surface area contributed by atoms with Crippen LogP contribution in [0.1, 0.15) is 23.2 Å². The first-order chi connectivity index (χ1) is 8.74. The number of carbonyl (C=O) groups excluding carboxylic acids is 1. The molecule has 96 valence electrons. The zero-order chi connectivity index (χ0) is 12.5. The van der Waals surface area contributed by atoms with Gasteiger partial charge in [0.05, 0.1) is 0 Å². The lowest BCUT2D eigenvalue weighted by atomic mass is 9.94. The Bertz CT molecular complexity index is 449. The van der Waals surface area contributed by atoms with Crippen molar-refractivity contribution in [2.45, 2.75) is 18.9 Å². The number of benzene rings is 1. The van der Waals surface area contributed by atoms with Gasteiger partial charge in [0.25, 0.3) is 5.91 Å². The average Bonchev–Trinajstić information content (AvgIpc) is 2.81. The maximum absolute atomic E-state index is 12.4. The van der Waals surface area contributed by atoms with Crippen LogP contribution < -0.4 is 5.32 Å². The normalized spacial score (nSPS) is 27.1. The molecule has 0 aromatic heterocycles. The van der Waals surface area contributed by atoms with Crippen LogP contribution in [0.5, 0.6) is 0 Å².